The van der Waals surface area contributed by atoms with Crippen molar-refractivity contribution in [1.29, 1.82) is 0 Å². The van der Waals surface area contributed by atoms with Gasteiger partial charge in [-0.1, -0.05) is 6.07 Å². The minimum Gasteiger partial charge on any atom is -0.507 e. The maximum absolute atomic E-state index is 13.0. The van der Waals surface area contributed by atoms with Crippen molar-refractivity contribution in [2.45, 2.75) is 14.7 Å². The highest BCUT2D eigenvalue weighted by Crippen LogP contribution is 2.37. The number of carbonyl (C=O) groups is 2. The summed E-state index contributed by atoms with van der Waals surface area (Å²) in [4.78, 5) is 23.3. The lowest BCUT2D eigenvalue weighted by atomic mass is 10.1. The average Bonchev–Trinajstić information content (AvgIpc) is 2.87. The van der Waals surface area contributed by atoms with Crippen molar-refractivity contribution in [1.82, 2.24) is 0 Å². The van der Waals surface area contributed by atoms with Gasteiger partial charge in [-0.3, -0.25) is 13.9 Å². The van der Waals surface area contributed by atoms with Crippen LogP contribution in [0.15, 0.2) is 87.5 Å². The predicted octanol–water partition coefficient (Wildman–Crippen LogP) is 3.59. The van der Waals surface area contributed by atoms with E-state index in [-0.39, 0.29) is 33.4 Å². The van der Waals surface area contributed by atoms with E-state index in [9.17, 15) is 52.9 Å². The van der Waals surface area contributed by atoms with E-state index in [0.717, 1.165) is 42.5 Å². The molecule has 0 spiro atoms. The van der Waals surface area contributed by atoms with Crippen LogP contribution in [0.5, 0.6) is 5.75 Å². The first kappa shape index (κ1) is 30.3. The van der Waals surface area contributed by atoms with E-state index in [1.165, 1.54) is 24.3 Å². The zero-order valence-corrected chi connectivity index (χ0v) is 23.1. The first-order valence-electron chi connectivity index (χ1n) is 11.2. The predicted molar refractivity (Wildman–Crippen MR) is 147 cm³/mol. The van der Waals surface area contributed by atoms with Gasteiger partial charge in [0, 0.05) is 28.4 Å². The average molecular weight is 640 g/mol. The molecule has 18 heteroatoms. The fourth-order valence-corrected chi connectivity index (χ4v) is 5.30. The molecule has 0 radical (unpaired) electrons. The van der Waals surface area contributed by atoms with Gasteiger partial charge in [-0.05, 0) is 66.0 Å². The third-order valence-corrected chi connectivity index (χ3v) is 8.09. The number of phenols is 1. The van der Waals surface area contributed by atoms with Crippen LogP contribution >= 0.6 is 0 Å². The van der Waals surface area contributed by atoms with Crippen LogP contribution in [0.1, 0.15) is 10.4 Å². The molecular weight excluding hydrogens is 621 g/mol. The molecule has 0 saturated carbocycles. The van der Waals surface area contributed by atoms with Crippen molar-refractivity contribution in [2.24, 2.45) is 0 Å². The lowest BCUT2D eigenvalue weighted by Crippen LogP contribution is -2.20. The summed E-state index contributed by atoms with van der Waals surface area (Å²) in [6, 6.07) is 11.8. The lowest BCUT2D eigenvalue weighted by molar-refractivity contribution is 0.102. The van der Waals surface area contributed by atoms with Gasteiger partial charge in [0.15, 0.2) is 0 Å². The molecule has 0 fully saturated rings. The molecule has 0 atom stereocenters. The Morgan fingerprint density at radius 2 is 1.24 bits per heavy atom. The van der Waals surface area contributed by atoms with Crippen LogP contribution in [0.4, 0.5) is 25.7 Å². The second kappa shape index (κ2) is 11.0. The van der Waals surface area contributed by atoms with Gasteiger partial charge in [0.25, 0.3) is 26.1 Å². The Morgan fingerprint density at radius 3 is 1.81 bits per heavy atom. The van der Waals surface area contributed by atoms with E-state index in [0.29, 0.717) is 6.07 Å². The number of hydrogen-bond donors (Lipinski definition) is 6. The summed E-state index contributed by atoms with van der Waals surface area (Å²) in [6.45, 7) is 0. The van der Waals surface area contributed by atoms with Crippen LogP contribution in [0.2, 0.25) is 0 Å². The molecule has 4 aromatic rings. The zero-order valence-electron chi connectivity index (χ0n) is 20.6. The van der Waals surface area contributed by atoms with Crippen molar-refractivity contribution in [3.8, 4) is 5.75 Å². The summed E-state index contributed by atoms with van der Waals surface area (Å²) in [5, 5.41) is 17.1. The standard InChI is InChI=1S/C24H18FN3O11S3/c25-40(32,33)17-6-4-15(5-7-17)26-24(31)27-16-3-1-2-13(8-16)23(30)28-20-11-18(41(34,35)36)9-14-10-19(42(37,38)39)12-21(29)22(14)20/h1-12,29H,(H,28,30)(H2,26,27,31)(H,34,35,36)(H,37,38,39). The smallest absolute Gasteiger partial charge is 0.332 e. The fourth-order valence-electron chi connectivity index (χ4n) is 3.76. The number of rotatable bonds is 7. The zero-order chi connectivity index (χ0) is 31.0. The van der Waals surface area contributed by atoms with Crippen LogP contribution in [0.3, 0.4) is 0 Å². The highest BCUT2D eigenvalue weighted by atomic mass is 32.3. The van der Waals surface area contributed by atoms with E-state index < -0.39 is 62.8 Å². The highest BCUT2D eigenvalue weighted by molar-refractivity contribution is 7.86. The Balaban J connectivity index is 1.60. The number of hydrogen-bond acceptors (Lipinski definition) is 9. The van der Waals surface area contributed by atoms with Crippen LogP contribution in [-0.4, -0.2) is 51.4 Å². The number of fused-ring (bicyclic) bond motifs is 1. The molecule has 4 aromatic carbocycles. The number of phenolic OH excluding ortho intramolecular Hbond substituents is 1. The van der Waals surface area contributed by atoms with Crippen molar-refractivity contribution in [2.75, 3.05) is 16.0 Å². The molecule has 3 amide bonds. The molecule has 0 aromatic heterocycles. The van der Waals surface area contributed by atoms with Gasteiger partial charge in [0.05, 0.1) is 20.4 Å². The Bertz CT molecular complexity index is 2080. The number of aromatic hydroxyl groups is 1. The molecule has 4 rings (SSSR count). The maximum Gasteiger partial charge on any atom is 0.332 e. The molecule has 0 saturated heterocycles. The molecule has 0 aliphatic carbocycles. The monoisotopic (exact) mass is 639 g/mol. The summed E-state index contributed by atoms with van der Waals surface area (Å²) < 4.78 is 100. The molecule has 6 N–H and O–H groups in total. The molecule has 0 aliphatic rings. The number of carbonyl (C=O) groups excluding carboxylic acids is 2. The van der Waals surface area contributed by atoms with Gasteiger partial charge in [0.2, 0.25) is 0 Å². The van der Waals surface area contributed by atoms with Gasteiger partial charge in [-0.2, -0.15) is 25.3 Å². The molecular formula is C24H18FN3O11S3. The van der Waals surface area contributed by atoms with Crippen molar-refractivity contribution >= 4 is 70.2 Å². The minimum absolute atomic E-state index is 0.0789. The lowest BCUT2D eigenvalue weighted by Gasteiger charge is -2.14. The van der Waals surface area contributed by atoms with Crippen LogP contribution in [0, 0.1) is 0 Å². The van der Waals surface area contributed by atoms with E-state index in [1.54, 1.807) is 0 Å². The number of urea groups is 1. The Morgan fingerprint density at radius 1 is 0.667 bits per heavy atom. The summed E-state index contributed by atoms with van der Waals surface area (Å²) >= 11 is 0. The van der Waals surface area contributed by atoms with E-state index >= 15 is 0 Å². The van der Waals surface area contributed by atoms with Crippen molar-refractivity contribution in [3.05, 3.63) is 78.4 Å². The second-order valence-corrected chi connectivity index (χ2v) is 12.7. The number of halogens is 1. The highest BCUT2D eigenvalue weighted by Gasteiger charge is 2.21. The summed E-state index contributed by atoms with van der Waals surface area (Å²) in [5.41, 5.74) is -0.208. The molecule has 0 unspecified atom stereocenters. The van der Waals surface area contributed by atoms with Crippen molar-refractivity contribution < 1.29 is 52.9 Å². The molecule has 0 heterocycles. The summed E-state index contributed by atoms with van der Waals surface area (Å²) in [7, 11) is -14.6. The van der Waals surface area contributed by atoms with Crippen LogP contribution in [-0.2, 0) is 30.5 Å². The van der Waals surface area contributed by atoms with E-state index in [2.05, 4.69) is 16.0 Å². The Labute approximate surface area is 237 Å². The number of nitrogens with one attached hydrogen (secondary N) is 3. The summed E-state index contributed by atoms with van der Waals surface area (Å²) in [6.07, 6.45) is 0. The second-order valence-electron chi connectivity index (χ2n) is 8.54. The maximum atomic E-state index is 13.0. The fraction of sp³-hybridized carbons (Fsp3) is 0. The molecule has 14 nitrogen and oxygen atoms in total. The van der Waals surface area contributed by atoms with Crippen LogP contribution in [0.25, 0.3) is 10.8 Å². The third-order valence-electron chi connectivity index (χ3n) is 5.60. The third kappa shape index (κ3) is 6.98. The number of benzene rings is 4. The molecule has 42 heavy (non-hydrogen) atoms. The van der Waals surface area contributed by atoms with Gasteiger partial charge in [-0.25, -0.2) is 4.79 Å². The van der Waals surface area contributed by atoms with Gasteiger partial charge in [0.1, 0.15) is 5.75 Å². The number of anilines is 3. The SMILES string of the molecule is O=C(Nc1ccc(S(=O)(=O)F)cc1)Nc1cccc(C(=O)Nc2cc(S(=O)(=O)O)cc3cc(S(=O)(=O)O)cc(O)c23)c1. The van der Waals surface area contributed by atoms with Gasteiger partial charge < -0.3 is 21.1 Å². The normalized spacial score (nSPS) is 12.1. The molecule has 0 aliphatic heterocycles. The Kier molecular flexibility index (Phi) is 7.94. The quantitative estimate of drug-likeness (QED) is 0.126. The van der Waals surface area contributed by atoms with E-state index in [1.807, 2.05) is 0 Å². The number of amides is 3. The topological polar surface area (TPSA) is 233 Å². The summed E-state index contributed by atoms with van der Waals surface area (Å²) in [5.74, 6) is -1.63. The van der Waals surface area contributed by atoms with Crippen LogP contribution < -0.4 is 16.0 Å². The van der Waals surface area contributed by atoms with Gasteiger partial charge >= 0.3 is 16.3 Å². The van der Waals surface area contributed by atoms with Crippen molar-refractivity contribution in [3.63, 3.8) is 0 Å². The first-order chi connectivity index (χ1) is 19.4. The molecule has 220 valence electrons. The largest absolute Gasteiger partial charge is 0.507 e. The van der Waals surface area contributed by atoms with E-state index in [4.69, 9.17) is 0 Å². The first-order valence-corrected chi connectivity index (χ1v) is 15.5. The molecule has 0 bridgehead atoms. The minimum atomic E-state index is -4.92. The van der Waals surface area contributed by atoms with Gasteiger partial charge in [-0.15, -0.1) is 3.89 Å². The Hall–Kier alpha value is -4.62.